The molecule has 0 aliphatic carbocycles. The van der Waals surface area contributed by atoms with E-state index in [0.29, 0.717) is 6.54 Å². The summed E-state index contributed by atoms with van der Waals surface area (Å²) in [6.45, 7) is 4.20. The molecule has 1 N–H and O–H groups in total. The Morgan fingerprint density at radius 3 is 3.11 bits per heavy atom. The molecule has 0 spiro atoms. The lowest BCUT2D eigenvalue weighted by molar-refractivity contribution is 0.199. The molecule has 6 nitrogen and oxygen atoms in total. The van der Waals surface area contributed by atoms with Gasteiger partial charge in [0.25, 0.3) is 0 Å². The van der Waals surface area contributed by atoms with Crippen molar-refractivity contribution in [3.63, 3.8) is 0 Å². The highest BCUT2D eigenvalue weighted by atomic mass is 16.3. The summed E-state index contributed by atoms with van der Waals surface area (Å²) in [5, 5.41) is 17.6. The van der Waals surface area contributed by atoms with Crippen molar-refractivity contribution in [2.75, 3.05) is 11.4 Å². The number of rotatable bonds is 2. The van der Waals surface area contributed by atoms with Gasteiger partial charge in [0.1, 0.15) is 12.1 Å². The Labute approximate surface area is 105 Å². The first-order valence-corrected chi connectivity index (χ1v) is 5.99. The second-order valence-corrected chi connectivity index (χ2v) is 4.49. The van der Waals surface area contributed by atoms with Crippen LogP contribution in [0.15, 0.2) is 24.7 Å². The molecule has 0 saturated carbocycles. The molecule has 0 amide bonds. The number of nitrogens with zero attached hydrogens (tertiary/aromatic N) is 5. The van der Waals surface area contributed by atoms with Crippen molar-refractivity contribution in [1.82, 2.24) is 19.7 Å². The molecule has 94 valence electrons. The molecular formula is C12H15N5O. The van der Waals surface area contributed by atoms with Crippen molar-refractivity contribution in [1.29, 1.82) is 0 Å². The fourth-order valence-corrected chi connectivity index (χ4v) is 2.13. The molecule has 0 bridgehead atoms. The molecule has 18 heavy (non-hydrogen) atoms. The van der Waals surface area contributed by atoms with Gasteiger partial charge in [-0.3, -0.25) is 0 Å². The first kappa shape index (κ1) is 11.2. The third-order valence-corrected chi connectivity index (χ3v) is 3.21. The summed E-state index contributed by atoms with van der Waals surface area (Å²) in [5.41, 5.74) is 0.882. The molecule has 2 aromatic heterocycles. The second-order valence-electron chi connectivity index (χ2n) is 4.49. The number of anilines is 1. The molecule has 3 heterocycles. The Morgan fingerprint density at radius 2 is 2.28 bits per heavy atom. The molecule has 3 rings (SSSR count). The molecule has 0 fully saturated rings. The lowest BCUT2D eigenvalue weighted by atomic mass is 10.1. The number of fused-ring (bicyclic) bond motifs is 1. The van der Waals surface area contributed by atoms with Gasteiger partial charge in [0.15, 0.2) is 5.82 Å². The van der Waals surface area contributed by atoms with E-state index < -0.39 is 6.10 Å². The zero-order chi connectivity index (χ0) is 12.5. The summed E-state index contributed by atoms with van der Waals surface area (Å²) in [6.07, 6.45) is 3.02. The monoisotopic (exact) mass is 245 g/mol. The molecule has 1 atom stereocenters. The number of hydrogen-bond donors (Lipinski definition) is 1. The molecule has 2 aromatic rings. The Kier molecular flexibility index (Phi) is 2.71. The third-order valence-electron chi connectivity index (χ3n) is 3.21. The van der Waals surface area contributed by atoms with Crippen LogP contribution in [-0.2, 0) is 13.1 Å². The van der Waals surface area contributed by atoms with E-state index in [0.717, 1.165) is 30.3 Å². The Hall–Kier alpha value is -1.95. The van der Waals surface area contributed by atoms with Crippen molar-refractivity contribution in [2.24, 2.45) is 0 Å². The van der Waals surface area contributed by atoms with Crippen LogP contribution in [0.2, 0.25) is 0 Å². The average Bonchev–Trinajstić information content (AvgIpc) is 2.86. The molecule has 1 aliphatic rings. The van der Waals surface area contributed by atoms with Gasteiger partial charge in [0, 0.05) is 19.3 Å². The largest absolute Gasteiger partial charge is 0.389 e. The van der Waals surface area contributed by atoms with E-state index in [1.807, 2.05) is 12.1 Å². The summed E-state index contributed by atoms with van der Waals surface area (Å²) < 4.78 is 2.05. The summed E-state index contributed by atoms with van der Waals surface area (Å²) in [7, 11) is 0. The molecule has 0 saturated heterocycles. The number of aromatic nitrogens is 4. The fraction of sp³-hybridized carbons (Fsp3) is 0.417. The van der Waals surface area contributed by atoms with Gasteiger partial charge in [-0.2, -0.15) is 0 Å². The highest BCUT2D eigenvalue weighted by Crippen LogP contribution is 2.21. The van der Waals surface area contributed by atoms with E-state index in [4.69, 9.17) is 0 Å². The highest BCUT2D eigenvalue weighted by Gasteiger charge is 2.18. The van der Waals surface area contributed by atoms with Gasteiger partial charge < -0.3 is 14.6 Å². The Bertz CT molecular complexity index is 551. The summed E-state index contributed by atoms with van der Waals surface area (Å²) in [5.74, 6) is 1.83. The maximum atomic E-state index is 9.60. The summed E-state index contributed by atoms with van der Waals surface area (Å²) in [6, 6.07) is 3.76. The minimum Gasteiger partial charge on any atom is -0.389 e. The Balaban J connectivity index is 1.86. The molecule has 0 unspecified atom stereocenters. The highest BCUT2D eigenvalue weighted by molar-refractivity contribution is 5.42. The maximum absolute atomic E-state index is 9.60. The minimum atomic E-state index is -0.472. The van der Waals surface area contributed by atoms with Gasteiger partial charge in [-0.1, -0.05) is 0 Å². The van der Waals surface area contributed by atoms with Gasteiger partial charge in [-0.15, -0.1) is 10.2 Å². The predicted octanol–water partition coefficient (Wildman–Crippen LogP) is 0.747. The standard InChI is InChI=1S/C12H15N5O/c1-9(18)10-2-3-13-11(6-10)16-4-5-17-8-14-15-12(17)7-16/h2-3,6,8-9,18H,4-5,7H2,1H3/t9-/m1/s1. The van der Waals surface area contributed by atoms with Crippen molar-refractivity contribution in [3.05, 3.63) is 36.0 Å². The minimum absolute atomic E-state index is 0.472. The van der Waals surface area contributed by atoms with Gasteiger partial charge in [0.05, 0.1) is 12.6 Å². The van der Waals surface area contributed by atoms with Crippen LogP contribution < -0.4 is 4.90 Å². The SMILES string of the molecule is C[C@@H](O)c1ccnc(N2CCn3cnnc3C2)c1. The van der Waals surface area contributed by atoms with Gasteiger partial charge in [-0.25, -0.2) is 4.98 Å². The van der Waals surface area contributed by atoms with Crippen molar-refractivity contribution < 1.29 is 5.11 Å². The van der Waals surface area contributed by atoms with Crippen LogP contribution in [0.5, 0.6) is 0 Å². The second kappa shape index (κ2) is 4.38. The number of aliphatic hydroxyl groups is 1. The fourth-order valence-electron chi connectivity index (χ4n) is 2.13. The predicted molar refractivity (Wildman–Crippen MR) is 65.9 cm³/mol. The van der Waals surface area contributed by atoms with Crippen LogP contribution in [0.1, 0.15) is 24.4 Å². The van der Waals surface area contributed by atoms with Gasteiger partial charge in [-0.05, 0) is 24.6 Å². The first-order valence-electron chi connectivity index (χ1n) is 5.99. The van der Waals surface area contributed by atoms with Gasteiger partial charge >= 0.3 is 0 Å². The van der Waals surface area contributed by atoms with E-state index in [2.05, 4.69) is 24.6 Å². The van der Waals surface area contributed by atoms with Crippen LogP contribution in [0.4, 0.5) is 5.82 Å². The smallest absolute Gasteiger partial charge is 0.152 e. The van der Waals surface area contributed by atoms with Crippen LogP contribution in [-0.4, -0.2) is 31.4 Å². The van der Waals surface area contributed by atoms with Crippen LogP contribution in [0.3, 0.4) is 0 Å². The molecule has 6 heteroatoms. The molecule has 1 aliphatic heterocycles. The molecule has 0 aromatic carbocycles. The number of hydrogen-bond acceptors (Lipinski definition) is 5. The van der Waals surface area contributed by atoms with Gasteiger partial charge in [0.2, 0.25) is 0 Å². The van der Waals surface area contributed by atoms with E-state index in [-0.39, 0.29) is 0 Å². The number of aliphatic hydroxyl groups excluding tert-OH is 1. The third kappa shape index (κ3) is 1.95. The zero-order valence-corrected chi connectivity index (χ0v) is 10.2. The Morgan fingerprint density at radius 1 is 1.39 bits per heavy atom. The molecule has 0 radical (unpaired) electrons. The van der Waals surface area contributed by atoms with E-state index in [1.54, 1.807) is 19.4 Å². The van der Waals surface area contributed by atoms with Crippen molar-refractivity contribution in [3.8, 4) is 0 Å². The van der Waals surface area contributed by atoms with E-state index in [1.165, 1.54) is 0 Å². The quantitative estimate of drug-likeness (QED) is 0.845. The molecular weight excluding hydrogens is 230 g/mol. The van der Waals surface area contributed by atoms with Crippen LogP contribution >= 0.6 is 0 Å². The van der Waals surface area contributed by atoms with Crippen molar-refractivity contribution in [2.45, 2.75) is 26.1 Å². The first-order chi connectivity index (χ1) is 8.74. The van der Waals surface area contributed by atoms with Crippen LogP contribution in [0.25, 0.3) is 0 Å². The normalized spacial score (nSPS) is 16.4. The van der Waals surface area contributed by atoms with E-state index >= 15 is 0 Å². The lowest BCUT2D eigenvalue weighted by Crippen LogP contribution is -2.34. The van der Waals surface area contributed by atoms with Crippen molar-refractivity contribution >= 4 is 5.82 Å². The van der Waals surface area contributed by atoms with E-state index in [9.17, 15) is 5.11 Å². The average molecular weight is 245 g/mol. The summed E-state index contributed by atoms with van der Waals surface area (Å²) >= 11 is 0. The zero-order valence-electron chi connectivity index (χ0n) is 10.2. The topological polar surface area (TPSA) is 67.1 Å². The van der Waals surface area contributed by atoms with Crippen LogP contribution in [0, 0.1) is 0 Å². The summed E-state index contributed by atoms with van der Waals surface area (Å²) in [4.78, 5) is 6.51. The maximum Gasteiger partial charge on any atom is 0.152 e. The lowest BCUT2D eigenvalue weighted by Gasteiger charge is -2.28. The number of pyridine rings is 1.